The SMILES string of the molecule is COC(=O)C(C#N)=C1Nc2ccccc2O1. The molecule has 80 valence electrons. The molecule has 0 saturated heterocycles. The number of rotatable bonds is 1. The number of nitrogens with one attached hydrogen (secondary N) is 1. The highest BCUT2D eigenvalue weighted by Gasteiger charge is 2.24. The summed E-state index contributed by atoms with van der Waals surface area (Å²) in [6, 6.07) is 8.89. The molecule has 5 heteroatoms. The van der Waals surface area contributed by atoms with Crippen LogP contribution in [0.5, 0.6) is 5.75 Å². The second kappa shape index (κ2) is 3.95. The van der Waals surface area contributed by atoms with Gasteiger partial charge in [-0.3, -0.25) is 0 Å². The van der Waals surface area contributed by atoms with Gasteiger partial charge in [0.2, 0.25) is 5.88 Å². The Morgan fingerprint density at radius 2 is 2.25 bits per heavy atom. The molecule has 5 nitrogen and oxygen atoms in total. The molecule has 0 saturated carbocycles. The number of hydrogen-bond donors (Lipinski definition) is 1. The summed E-state index contributed by atoms with van der Waals surface area (Å²) in [6.07, 6.45) is 0. The summed E-state index contributed by atoms with van der Waals surface area (Å²) in [4.78, 5) is 11.3. The minimum atomic E-state index is -0.724. The van der Waals surface area contributed by atoms with Crippen LogP contribution < -0.4 is 10.1 Å². The molecule has 0 fully saturated rings. The average molecular weight is 216 g/mol. The average Bonchev–Trinajstić information content (AvgIpc) is 2.72. The summed E-state index contributed by atoms with van der Waals surface area (Å²) in [6.45, 7) is 0. The minimum absolute atomic E-state index is 0.107. The lowest BCUT2D eigenvalue weighted by molar-refractivity contribution is -0.135. The van der Waals surface area contributed by atoms with Crippen LogP contribution >= 0.6 is 0 Å². The number of fused-ring (bicyclic) bond motifs is 1. The van der Waals surface area contributed by atoms with Crippen molar-refractivity contribution in [3.8, 4) is 11.8 Å². The number of carbonyl (C=O) groups is 1. The maximum atomic E-state index is 11.3. The van der Waals surface area contributed by atoms with Gasteiger partial charge in [-0.15, -0.1) is 0 Å². The molecule has 1 heterocycles. The van der Waals surface area contributed by atoms with E-state index in [0.29, 0.717) is 11.4 Å². The third-order valence-corrected chi connectivity index (χ3v) is 2.08. The van der Waals surface area contributed by atoms with Crippen molar-refractivity contribution in [2.45, 2.75) is 0 Å². The molecule has 0 radical (unpaired) electrons. The van der Waals surface area contributed by atoms with Gasteiger partial charge in [-0.25, -0.2) is 4.79 Å². The lowest BCUT2D eigenvalue weighted by Crippen LogP contribution is -2.11. The van der Waals surface area contributed by atoms with Crippen LogP contribution in [0, 0.1) is 11.3 Å². The first-order chi connectivity index (χ1) is 7.76. The van der Waals surface area contributed by atoms with Crippen molar-refractivity contribution in [3.05, 3.63) is 35.7 Å². The Morgan fingerprint density at radius 1 is 1.50 bits per heavy atom. The Hall–Kier alpha value is -2.48. The van der Waals surface area contributed by atoms with E-state index in [1.807, 2.05) is 6.07 Å². The van der Waals surface area contributed by atoms with Gasteiger partial charge in [-0.1, -0.05) is 12.1 Å². The van der Waals surface area contributed by atoms with Gasteiger partial charge in [0.25, 0.3) is 0 Å². The molecule has 0 aliphatic carbocycles. The van der Waals surface area contributed by atoms with E-state index in [0.717, 1.165) is 0 Å². The van der Waals surface area contributed by atoms with Gasteiger partial charge in [-0.2, -0.15) is 5.26 Å². The van der Waals surface area contributed by atoms with E-state index < -0.39 is 5.97 Å². The largest absolute Gasteiger partial charge is 0.465 e. The number of ether oxygens (including phenoxy) is 2. The molecule has 0 aromatic heterocycles. The highest BCUT2D eigenvalue weighted by Crippen LogP contribution is 2.33. The molecule has 16 heavy (non-hydrogen) atoms. The first-order valence-electron chi connectivity index (χ1n) is 4.53. The molecular formula is C11H8N2O3. The van der Waals surface area contributed by atoms with E-state index in [1.165, 1.54) is 7.11 Å². The Kier molecular flexibility index (Phi) is 2.48. The van der Waals surface area contributed by atoms with E-state index in [2.05, 4.69) is 10.1 Å². The molecule has 0 amide bonds. The number of esters is 1. The number of methoxy groups -OCH3 is 1. The molecule has 1 aromatic rings. The molecule has 0 bridgehead atoms. The lowest BCUT2D eigenvalue weighted by Gasteiger charge is -2.01. The summed E-state index contributed by atoms with van der Waals surface area (Å²) in [5, 5.41) is 11.7. The fourth-order valence-electron chi connectivity index (χ4n) is 1.32. The molecule has 0 unspecified atom stereocenters. The quantitative estimate of drug-likeness (QED) is 0.436. The summed E-state index contributed by atoms with van der Waals surface area (Å²) in [7, 11) is 1.21. The number of anilines is 1. The van der Waals surface area contributed by atoms with Crippen molar-refractivity contribution in [3.63, 3.8) is 0 Å². The van der Waals surface area contributed by atoms with Crippen LogP contribution in [-0.2, 0) is 9.53 Å². The van der Waals surface area contributed by atoms with Crippen LogP contribution in [0.2, 0.25) is 0 Å². The number of nitriles is 1. The number of hydrogen-bond acceptors (Lipinski definition) is 5. The second-order valence-corrected chi connectivity index (χ2v) is 3.03. The lowest BCUT2D eigenvalue weighted by atomic mass is 10.3. The fourth-order valence-corrected chi connectivity index (χ4v) is 1.32. The monoisotopic (exact) mass is 216 g/mol. The first-order valence-corrected chi connectivity index (χ1v) is 4.53. The summed E-state index contributed by atoms with van der Waals surface area (Å²) >= 11 is 0. The number of carbonyl (C=O) groups excluding carboxylic acids is 1. The predicted molar refractivity (Wildman–Crippen MR) is 55.3 cm³/mol. The number of nitrogens with zero attached hydrogens (tertiary/aromatic N) is 1. The van der Waals surface area contributed by atoms with Gasteiger partial charge in [0.1, 0.15) is 6.07 Å². The van der Waals surface area contributed by atoms with Gasteiger partial charge in [0.15, 0.2) is 11.3 Å². The molecule has 1 N–H and O–H groups in total. The highest BCUT2D eigenvalue weighted by molar-refractivity contribution is 5.94. The van der Waals surface area contributed by atoms with Crippen LogP contribution in [0.25, 0.3) is 0 Å². The third-order valence-electron chi connectivity index (χ3n) is 2.08. The van der Waals surface area contributed by atoms with E-state index in [-0.39, 0.29) is 11.5 Å². The van der Waals surface area contributed by atoms with Crippen LogP contribution in [0.15, 0.2) is 35.7 Å². The second-order valence-electron chi connectivity index (χ2n) is 3.03. The maximum Gasteiger partial charge on any atom is 0.354 e. The van der Waals surface area contributed by atoms with Crippen LogP contribution in [0.4, 0.5) is 5.69 Å². The van der Waals surface area contributed by atoms with Gasteiger partial charge in [0.05, 0.1) is 12.8 Å². The predicted octanol–water partition coefficient (Wildman–Crippen LogP) is 1.40. The van der Waals surface area contributed by atoms with Crippen molar-refractivity contribution in [2.75, 3.05) is 12.4 Å². The Morgan fingerprint density at radius 3 is 2.88 bits per heavy atom. The van der Waals surface area contributed by atoms with Crippen molar-refractivity contribution in [1.82, 2.24) is 0 Å². The summed E-state index contributed by atoms with van der Waals surface area (Å²) in [5.41, 5.74) is 0.535. The minimum Gasteiger partial charge on any atom is -0.465 e. The van der Waals surface area contributed by atoms with Gasteiger partial charge in [-0.05, 0) is 12.1 Å². The third kappa shape index (κ3) is 1.57. The van der Waals surface area contributed by atoms with E-state index in [1.54, 1.807) is 24.3 Å². The van der Waals surface area contributed by atoms with Crippen molar-refractivity contribution in [1.29, 1.82) is 5.26 Å². The van der Waals surface area contributed by atoms with Crippen LogP contribution in [0.3, 0.4) is 0 Å². The molecular weight excluding hydrogens is 208 g/mol. The van der Waals surface area contributed by atoms with Crippen LogP contribution in [-0.4, -0.2) is 13.1 Å². The number of benzene rings is 1. The molecule has 0 spiro atoms. The summed E-state index contributed by atoms with van der Waals surface area (Å²) < 4.78 is 9.80. The van der Waals surface area contributed by atoms with E-state index in [9.17, 15) is 4.79 Å². The van der Waals surface area contributed by atoms with Gasteiger partial charge in [0, 0.05) is 0 Å². The zero-order chi connectivity index (χ0) is 11.5. The standard InChI is InChI=1S/C11H8N2O3/c1-15-11(14)7(6-12)10-13-8-4-2-3-5-9(8)16-10/h2-5,13H,1H3. The Balaban J connectivity index is 2.38. The molecule has 2 rings (SSSR count). The zero-order valence-electron chi connectivity index (χ0n) is 8.48. The van der Waals surface area contributed by atoms with Crippen molar-refractivity contribution < 1.29 is 14.3 Å². The summed E-state index contributed by atoms with van der Waals surface area (Å²) in [5.74, 6) is -0.0393. The normalized spacial score (nSPS) is 15.2. The molecule has 1 aromatic carbocycles. The topological polar surface area (TPSA) is 71.4 Å². The van der Waals surface area contributed by atoms with E-state index >= 15 is 0 Å². The Bertz CT molecular complexity index is 487. The highest BCUT2D eigenvalue weighted by atomic mass is 16.5. The number of para-hydroxylation sites is 2. The van der Waals surface area contributed by atoms with Crippen molar-refractivity contribution >= 4 is 11.7 Å². The Labute approximate surface area is 91.9 Å². The van der Waals surface area contributed by atoms with Gasteiger partial charge >= 0.3 is 5.97 Å². The van der Waals surface area contributed by atoms with Gasteiger partial charge < -0.3 is 14.8 Å². The molecule has 1 aliphatic rings. The van der Waals surface area contributed by atoms with E-state index in [4.69, 9.17) is 10.00 Å². The molecule has 0 atom stereocenters. The maximum absolute atomic E-state index is 11.3. The molecule has 1 aliphatic heterocycles. The smallest absolute Gasteiger partial charge is 0.354 e. The fraction of sp³-hybridized carbons (Fsp3) is 0.0909. The van der Waals surface area contributed by atoms with Crippen molar-refractivity contribution in [2.24, 2.45) is 0 Å². The first kappa shape index (κ1) is 10.1. The van der Waals surface area contributed by atoms with Crippen LogP contribution in [0.1, 0.15) is 0 Å². The zero-order valence-corrected chi connectivity index (χ0v) is 8.48.